The number of nitrogens with two attached hydrogens (primary N) is 1. The maximum Gasteiger partial charge on any atom is 0.253 e. The van der Waals surface area contributed by atoms with Crippen LogP contribution in [-0.4, -0.2) is 37.4 Å². The summed E-state index contributed by atoms with van der Waals surface area (Å²) in [6.07, 6.45) is 0.630. The summed E-state index contributed by atoms with van der Waals surface area (Å²) in [5.41, 5.74) is 7.52. The smallest absolute Gasteiger partial charge is 0.253 e. The molecule has 26 heavy (non-hydrogen) atoms. The molecule has 0 fully saturated rings. The van der Waals surface area contributed by atoms with Gasteiger partial charge in [0.25, 0.3) is 5.91 Å². The molecule has 0 aliphatic heterocycles. The SMILES string of the molecule is CN(C)C(=O)c1cccc(CCNC(=O)C(C)(N)c2ccccc2)c1.Cl. The highest BCUT2D eigenvalue weighted by atomic mass is 35.5. The minimum Gasteiger partial charge on any atom is -0.354 e. The Kier molecular flexibility index (Phi) is 7.80. The Bertz CT molecular complexity index is 746. The number of nitrogens with zero attached hydrogens (tertiary/aromatic N) is 1. The highest BCUT2D eigenvalue weighted by Gasteiger charge is 2.29. The Morgan fingerprint density at radius 3 is 2.35 bits per heavy atom. The van der Waals surface area contributed by atoms with Crippen LogP contribution in [0, 0.1) is 0 Å². The van der Waals surface area contributed by atoms with E-state index < -0.39 is 5.54 Å². The van der Waals surface area contributed by atoms with Crippen LogP contribution >= 0.6 is 12.4 Å². The van der Waals surface area contributed by atoms with Crippen molar-refractivity contribution in [2.45, 2.75) is 18.9 Å². The summed E-state index contributed by atoms with van der Waals surface area (Å²) in [5, 5.41) is 2.88. The van der Waals surface area contributed by atoms with Gasteiger partial charge in [0.05, 0.1) is 0 Å². The van der Waals surface area contributed by atoms with Crippen molar-refractivity contribution in [3.05, 3.63) is 71.3 Å². The zero-order chi connectivity index (χ0) is 18.4. The van der Waals surface area contributed by atoms with E-state index in [1.54, 1.807) is 32.0 Å². The van der Waals surface area contributed by atoms with Gasteiger partial charge in [0.2, 0.25) is 5.91 Å². The van der Waals surface area contributed by atoms with Crippen molar-refractivity contribution in [3.8, 4) is 0 Å². The number of halogens is 1. The van der Waals surface area contributed by atoms with E-state index in [-0.39, 0.29) is 24.2 Å². The summed E-state index contributed by atoms with van der Waals surface area (Å²) < 4.78 is 0. The maximum atomic E-state index is 12.4. The third kappa shape index (κ3) is 5.31. The molecule has 0 radical (unpaired) electrons. The first kappa shape index (κ1) is 21.7. The lowest BCUT2D eigenvalue weighted by Gasteiger charge is -2.24. The largest absolute Gasteiger partial charge is 0.354 e. The van der Waals surface area contributed by atoms with Crippen LogP contribution in [-0.2, 0) is 16.8 Å². The lowest BCUT2D eigenvalue weighted by Crippen LogP contribution is -2.49. The van der Waals surface area contributed by atoms with Crippen molar-refractivity contribution in [2.75, 3.05) is 20.6 Å². The van der Waals surface area contributed by atoms with Crippen molar-refractivity contribution in [1.29, 1.82) is 0 Å². The number of benzene rings is 2. The molecule has 1 unspecified atom stereocenters. The zero-order valence-corrected chi connectivity index (χ0v) is 16.2. The summed E-state index contributed by atoms with van der Waals surface area (Å²) in [7, 11) is 3.45. The molecule has 140 valence electrons. The molecule has 6 heteroatoms. The predicted octanol–water partition coefficient (Wildman–Crippen LogP) is 2.34. The highest BCUT2D eigenvalue weighted by molar-refractivity contribution is 5.94. The average molecular weight is 376 g/mol. The van der Waals surface area contributed by atoms with E-state index >= 15 is 0 Å². The third-order valence-electron chi connectivity index (χ3n) is 4.12. The molecule has 5 nitrogen and oxygen atoms in total. The first-order chi connectivity index (χ1) is 11.8. The first-order valence-corrected chi connectivity index (χ1v) is 8.25. The van der Waals surface area contributed by atoms with E-state index in [2.05, 4.69) is 5.32 Å². The molecular formula is C20H26ClN3O2. The van der Waals surface area contributed by atoms with Crippen molar-refractivity contribution < 1.29 is 9.59 Å². The molecule has 1 atom stereocenters. The van der Waals surface area contributed by atoms with Gasteiger partial charge in [-0.05, 0) is 36.6 Å². The maximum absolute atomic E-state index is 12.4. The quantitative estimate of drug-likeness (QED) is 0.813. The Morgan fingerprint density at radius 1 is 1.08 bits per heavy atom. The van der Waals surface area contributed by atoms with Gasteiger partial charge in [-0.3, -0.25) is 9.59 Å². The minimum absolute atomic E-state index is 0. The van der Waals surface area contributed by atoms with Gasteiger partial charge in [-0.1, -0.05) is 42.5 Å². The predicted molar refractivity (Wildman–Crippen MR) is 106 cm³/mol. The second-order valence-electron chi connectivity index (χ2n) is 6.47. The second-order valence-corrected chi connectivity index (χ2v) is 6.47. The van der Waals surface area contributed by atoms with Gasteiger partial charge in [-0.25, -0.2) is 0 Å². The summed E-state index contributed by atoms with van der Waals surface area (Å²) in [6, 6.07) is 16.7. The number of rotatable bonds is 6. The fraction of sp³-hybridized carbons (Fsp3) is 0.300. The number of carbonyl (C=O) groups is 2. The number of amides is 2. The zero-order valence-electron chi connectivity index (χ0n) is 15.4. The normalized spacial score (nSPS) is 12.5. The second kappa shape index (κ2) is 9.36. The van der Waals surface area contributed by atoms with Gasteiger partial charge in [0.1, 0.15) is 5.54 Å². The number of carbonyl (C=O) groups excluding carboxylic acids is 2. The summed E-state index contributed by atoms with van der Waals surface area (Å²) in [6.45, 7) is 2.16. The fourth-order valence-electron chi connectivity index (χ4n) is 2.54. The molecule has 2 aromatic carbocycles. The lowest BCUT2D eigenvalue weighted by atomic mass is 9.92. The number of nitrogens with one attached hydrogen (secondary N) is 1. The molecule has 3 N–H and O–H groups in total. The fourth-order valence-corrected chi connectivity index (χ4v) is 2.54. The van der Waals surface area contributed by atoms with E-state index in [0.717, 1.165) is 11.1 Å². The van der Waals surface area contributed by atoms with Crippen LogP contribution in [0.25, 0.3) is 0 Å². The summed E-state index contributed by atoms with van der Waals surface area (Å²) >= 11 is 0. The molecule has 0 aromatic heterocycles. The highest BCUT2D eigenvalue weighted by Crippen LogP contribution is 2.17. The van der Waals surface area contributed by atoms with E-state index in [4.69, 9.17) is 5.73 Å². The van der Waals surface area contributed by atoms with Gasteiger partial charge in [0, 0.05) is 26.2 Å². The molecule has 0 aliphatic rings. The Labute approximate surface area is 161 Å². The number of hydrogen-bond donors (Lipinski definition) is 2. The van der Waals surface area contributed by atoms with Crippen LogP contribution < -0.4 is 11.1 Å². The van der Waals surface area contributed by atoms with Crippen LogP contribution in [0.3, 0.4) is 0 Å². The van der Waals surface area contributed by atoms with Crippen molar-refractivity contribution in [3.63, 3.8) is 0 Å². The lowest BCUT2D eigenvalue weighted by molar-refractivity contribution is -0.126. The van der Waals surface area contributed by atoms with Gasteiger partial charge in [-0.15, -0.1) is 12.4 Å². The molecule has 2 rings (SSSR count). The molecule has 0 spiro atoms. The standard InChI is InChI=1S/C20H25N3O2.ClH/c1-20(21,17-10-5-4-6-11-17)19(25)22-13-12-15-8-7-9-16(14-15)18(24)23(2)3;/h4-11,14H,12-13,21H2,1-3H3,(H,22,25);1H. The molecule has 0 heterocycles. The van der Waals surface area contributed by atoms with Crippen LogP contribution in [0.4, 0.5) is 0 Å². The summed E-state index contributed by atoms with van der Waals surface area (Å²) in [5.74, 6) is -0.260. The van der Waals surface area contributed by atoms with Gasteiger partial charge in [-0.2, -0.15) is 0 Å². The van der Waals surface area contributed by atoms with Crippen molar-refractivity contribution >= 4 is 24.2 Å². The van der Waals surface area contributed by atoms with Crippen LogP contribution in [0.2, 0.25) is 0 Å². The van der Waals surface area contributed by atoms with Crippen molar-refractivity contribution in [2.24, 2.45) is 5.73 Å². The average Bonchev–Trinajstić information content (AvgIpc) is 2.61. The Morgan fingerprint density at radius 2 is 1.73 bits per heavy atom. The van der Waals surface area contributed by atoms with Gasteiger partial charge < -0.3 is 16.0 Å². The minimum atomic E-state index is -1.08. The van der Waals surface area contributed by atoms with Gasteiger partial charge >= 0.3 is 0 Å². The molecule has 2 aromatic rings. The molecule has 0 saturated carbocycles. The molecule has 0 aliphatic carbocycles. The van der Waals surface area contributed by atoms with Gasteiger partial charge in [0.15, 0.2) is 0 Å². The molecule has 2 amide bonds. The summed E-state index contributed by atoms with van der Waals surface area (Å²) in [4.78, 5) is 26.0. The van der Waals surface area contributed by atoms with Crippen molar-refractivity contribution in [1.82, 2.24) is 10.2 Å². The van der Waals surface area contributed by atoms with E-state index in [1.165, 1.54) is 0 Å². The number of hydrogen-bond acceptors (Lipinski definition) is 3. The van der Waals surface area contributed by atoms with Crippen LogP contribution in [0.5, 0.6) is 0 Å². The Hall–Kier alpha value is -2.37. The van der Waals surface area contributed by atoms with E-state index in [1.807, 2.05) is 48.5 Å². The molecular weight excluding hydrogens is 350 g/mol. The monoisotopic (exact) mass is 375 g/mol. The topological polar surface area (TPSA) is 75.4 Å². The Balaban J connectivity index is 0.00000338. The third-order valence-corrected chi connectivity index (χ3v) is 4.12. The first-order valence-electron chi connectivity index (χ1n) is 8.25. The van der Waals surface area contributed by atoms with E-state index in [0.29, 0.717) is 18.5 Å². The van der Waals surface area contributed by atoms with Crippen LogP contribution in [0.1, 0.15) is 28.4 Å². The molecule has 0 bridgehead atoms. The molecule has 0 saturated heterocycles. The van der Waals surface area contributed by atoms with Crippen LogP contribution in [0.15, 0.2) is 54.6 Å². The van der Waals surface area contributed by atoms with E-state index in [9.17, 15) is 9.59 Å².